The van der Waals surface area contributed by atoms with Crippen LogP contribution in [0.25, 0.3) is 0 Å². The fourth-order valence-corrected chi connectivity index (χ4v) is 2.93. The molecule has 2 fully saturated rings. The van der Waals surface area contributed by atoms with Gasteiger partial charge in [0.1, 0.15) is 0 Å². The molecule has 1 N–H and O–H groups in total. The lowest BCUT2D eigenvalue weighted by Gasteiger charge is -2.25. The van der Waals surface area contributed by atoms with Crippen molar-refractivity contribution in [1.29, 1.82) is 0 Å². The molecule has 3 nitrogen and oxygen atoms in total. The lowest BCUT2D eigenvalue weighted by molar-refractivity contribution is 0.00649. The third kappa shape index (κ3) is 5.12. The Bertz CT molecular complexity index is 198. The molecule has 2 unspecified atom stereocenters. The summed E-state index contributed by atoms with van der Waals surface area (Å²) in [6.07, 6.45) is 7.08. The van der Waals surface area contributed by atoms with E-state index in [-0.39, 0.29) is 12.4 Å². The molecule has 4 heteroatoms. The maximum absolute atomic E-state index is 5.77. The number of nitrogens with one attached hydrogen (secondary N) is 1. The summed E-state index contributed by atoms with van der Waals surface area (Å²) in [5, 5.41) is 3.28. The molecule has 0 aromatic rings. The Morgan fingerprint density at radius 3 is 2.88 bits per heavy atom. The van der Waals surface area contributed by atoms with Crippen molar-refractivity contribution in [2.24, 2.45) is 5.92 Å². The van der Waals surface area contributed by atoms with Gasteiger partial charge in [-0.1, -0.05) is 0 Å². The Morgan fingerprint density at radius 1 is 1.29 bits per heavy atom. The van der Waals surface area contributed by atoms with Crippen LogP contribution < -0.4 is 5.32 Å². The van der Waals surface area contributed by atoms with Gasteiger partial charge in [-0.25, -0.2) is 0 Å². The highest BCUT2D eigenvalue weighted by atomic mass is 35.5. The minimum absolute atomic E-state index is 0. The molecule has 2 atom stereocenters. The SMILES string of the molecule is CNCC1CCN(CCC2CCCCO2)C1.Cl. The van der Waals surface area contributed by atoms with Crippen molar-refractivity contribution in [3.63, 3.8) is 0 Å². The molecule has 0 amide bonds. The molecule has 0 spiro atoms. The first-order valence-electron chi connectivity index (χ1n) is 6.87. The topological polar surface area (TPSA) is 24.5 Å². The Labute approximate surface area is 112 Å². The highest BCUT2D eigenvalue weighted by molar-refractivity contribution is 5.85. The fourth-order valence-electron chi connectivity index (χ4n) is 2.93. The third-order valence-electron chi connectivity index (χ3n) is 3.90. The number of hydrogen-bond donors (Lipinski definition) is 1. The smallest absolute Gasteiger partial charge is 0.0587 e. The van der Waals surface area contributed by atoms with E-state index in [0.717, 1.165) is 12.5 Å². The van der Waals surface area contributed by atoms with Crippen LogP contribution in [0.2, 0.25) is 0 Å². The summed E-state index contributed by atoms with van der Waals surface area (Å²) in [4.78, 5) is 2.61. The Kier molecular flexibility index (Phi) is 7.44. The van der Waals surface area contributed by atoms with Crippen LogP contribution in [0.4, 0.5) is 0 Å². The van der Waals surface area contributed by atoms with Crippen molar-refractivity contribution in [2.75, 3.05) is 39.8 Å². The molecule has 0 aromatic carbocycles. The zero-order valence-electron chi connectivity index (χ0n) is 11.0. The van der Waals surface area contributed by atoms with Crippen molar-refractivity contribution < 1.29 is 4.74 Å². The lowest BCUT2D eigenvalue weighted by Crippen LogP contribution is -2.29. The van der Waals surface area contributed by atoms with E-state index >= 15 is 0 Å². The van der Waals surface area contributed by atoms with Gasteiger partial charge in [0.15, 0.2) is 0 Å². The quantitative estimate of drug-likeness (QED) is 0.819. The van der Waals surface area contributed by atoms with Gasteiger partial charge in [-0.15, -0.1) is 12.4 Å². The van der Waals surface area contributed by atoms with Crippen molar-refractivity contribution in [2.45, 2.75) is 38.2 Å². The molecule has 17 heavy (non-hydrogen) atoms. The highest BCUT2D eigenvalue weighted by Gasteiger charge is 2.22. The second-order valence-electron chi connectivity index (χ2n) is 5.29. The number of halogens is 1. The van der Waals surface area contributed by atoms with Gasteiger partial charge in [0.2, 0.25) is 0 Å². The summed E-state index contributed by atoms with van der Waals surface area (Å²) in [6.45, 7) is 5.99. The van der Waals surface area contributed by atoms with Gasteiger partial charge >= 0.3 is 0 Å². The van der Waals surface area contributed by atoms with Gasteiger partial charge in [-0.05, 0) is 58.2 Å². The molecule has 2 aliphatic heterocycles. The van der Waals surface area contributed by atoms with E-state index in [0.29, 0.717) is 6.10 Å². The zero-order chi connectivity index (χ0) is 11.2. The van der Waals surface area contributed by atoms with Crippen LogP contribution >= 0.6 is 12.4 Å². The predicted molar refractivity (Wildman–Crippen MR) is 73.9 cm³/mol. The van der Waals surface area contributed by atoms with E-state index in [4.69, 9.17) is 4.74 Å². The van der Waals surface area contributed by atoms with Crippen molar-refractivity contribution >= 4 is 12.4 Å². The molecule has 0 aliphatic carbocycles. The number of nitrogens with zero attached hydrogens (tertiary/aromatic N) is 1. The largest absolute Gasteiger partial charge is 0.378 e. The molecular formula is C13H27ClN2O. The summed E-state index contributed by atoms with van der Waals surface area (Å²) in [5.74, 6) is 0.872. The van der Waals surface area contributed by atoms with E-state index in [1.54, 1.807) is 0 Å². The Morgan fingerprint density at radius 2 is 2.18 bits per heavy atom. The second kappa shape index (κ2) is 8.30. The number of rotatable bonds is 5. The average Bonchev–Trinajstić information content (AvgIpc) is 2.76. The minimum Gasteiger partial charge on any atom is -0.378 e. The summed E-state index contributed by atoms with van der Waals surface area (Å²) < 4.78 is 5.77. The number of hydrogen-bond acceptors (Lipinski definition) is 3. The van der Waals surface area contributed by atoms with Crippen LogP contribution in [0.3, 0.4) is 0 Å². The molecule has 102 valence electrons. The van der Waals surface area contributed by atoms with E-state index in [1.807, 2.05) is 0 Å². The van der Waals surface area contributed by atoms with Crippen molar-refractivity contribution in [3.05, 3.63) is 0 Å². The summed E-state index contributed by atoms with van der Waals surface area (Å²) in [5.41, 5.74) is 0. The number of likely N-dealkylation sites (tertiary alicyclic amines) is 1. The zero-order valence-corrected chi connectivity index (χ0v) is 11.8. The van der Waals surface area contributed by atoms with Crippen LogP contribution in [0, 0.1) is 5.92 Å². The maximum atomic E-state index is 5.77. The molecule has 2 rings (SSSR count). The molecule has 0 aromatic heterocycles. The van der Waals surface area contributed by atoms with E-state index in [2.05, 4.69) is 17.3 Å². The average molecular weight is 263 g/mol. The van der Waals surface area contributed by atoms with Gasteiger partial charge in [-0.3, -0.25) is 0 Å². The van der Waals surface area contributed by atoms with Crippen LogP contribution in [0.5, 0.6) is 0 Å². The van der Waals surface area contributed by atoms with Crippen LogP contribution in [-0.4, -0.2) is 50.8 Å². The fraction of sp³-hybridized carbons (Fsp3) is 1.00. The molecule has 2 heterocycles. The van der Waals surface area contributed by atoms with E-state index < -0.39 is 0 Å². The van der Waals surface area contributed by atoms with Gasteiger partial charge in [0.25, 0.3) is 0 Å². The summed E-state index contributed by atoms with van der Waals surface area (Å²) in [6, 6.07) is 0. The molecule has 2 aliphatic rings. The Hall–Kier alpha value is 0.170. The number of ether oxygens (including phenoxy) is 1. The van der Waals surface area contributed by atoms with Crippen LogP contribution in [0.1, 0.15) is 32.1 Å². The van der Waals surface area contributed by atoms with Gasteiger partial charge in [0, 0.05) is 19.7 Å². The molecular weight excluding hydrogens is 236 g/mol. The first-order chi connectivity index (χ1) is 7.88. The van der Waals surface area contributed by atoms with Crippen molar-refractivity contribution in [3.8, 4) is 0 Å². The van der Waals surface area contributed by atoms with Gasteiger partial charge in [-0.2, -0.15) is 0 Å². The predicted octanol–water partition coefficient (Wildman–Crippen LogP) is 1.91. The van der Waals surface area contributed by atoms with Crippen LogP contribution in [0.15, 0.2) is 0 Å². The second-order valence-corrected chi connectivity index (χ2v) is 5.29. The summed E-state index contributed by atoms with van der Waals surface area (Å²) >= 11 is 0. The minimum atomic E-state index is 0. The molecule has 2 saturated heterocycles. The normalized spacial score (nSPS) is 30.2. The Balaban J connectivity index is 0.00000144. The standard InChI is InChI=1S/C13H26N2O.ClH/c1-14-10-12-5-7-15(11-12)8-6-13-4-2-3-9-16-13;/h12-14H,2-11H2,1H3;1H. The van der Waals surface area contributed by atoms with E-state index in [1.165, 1.54) is 58.3 Å². The van der Waals surface area contributed by atoms with Crippen molar-refractivity contribution in [1.82, 2.24) is 10.2 Å². The monoisotopic (exact) mass is 262 g/mol. The third-order valence-corrected chi connectivity index (χ3v) is 3.90. The maximum Gasteiger partial charge on any atom is 0.0587 e. The van der Waals surface area contributed by atoms with Gasteiger partial charge in [0.05, 0.1) is 6.10 Å². The van der Waals surface area contributed by atoms with E-state index in [9.17, 15) is 0 Å². The first kappa shape index (κ1) is 15.2. The highest BCUT2D eigenvalue weighted by Crippen LogP contribution is 2.19. The summed E-state index contributed by atoms with van der Waals surface area (Å²) in [7, 11) is 2.05. The first-order valence-corrected chi connectivity index (χ1v) is 6.87. The van der Waals surface area contributed by atoms with Gasteiger partial charge < -0.3 is 15.0 Å². The molecule has 0 radical (unpaired) electrons. The molecule has 0 saturated carbocycles. The molecule has 0 bridgehead atoms. The van der Waals surface area contributed by atoms with Crippen LogP contribution in [-0.2, 0) is 4.74 Å². The lowest BCUT2D eigenvalue weighted by atomic mass is 10.1.